The van der Waals surface area contributed by atoms with E-state index in [-0.39, 0.29) is 4.90 Å². The number of benzene rings is 1. The normalized spacial score (nSPS) is 12.8. The molecule has 1 aromatic rings. The summed E-state index contributed by atoms with van der Waals surface area (Å²) in [6, 6.07) is 6.38. The second kappa shape index (κ2) is 4.23. The van der Waals surface area contributed by atoms with Gasteiger partial charge in [0, 0.05) is 4.47 Å². The zero-order chi connectivity index (χ0) is 11.7. The first kappa shape index (κ1) is 12.7. The van der Waals surface area contributed by atoms with Gasteiger partial charge in [0.1, 0.15) is 0 Å². The topological polar surface area (TPSA) is 54.4 Å². The van der Waals surface area contributed by atoms with Crippen LogP contribution in [0.5, 0.6) is 0 Å². The molecule has 0 aliphatic rings. The Balaban J connectivity index is 3.24. The summed E-state index contributed by atoms with van der Waals surface area (Å²) in [7, 11) is -3.48. The average molecular weight is 293 g/mol. The highest BCUT2D eigenvalue weighted by Crippen LogP contribution is 2.25. The molecule has 0 saturated heterocycles. The summed E-state index contributed by atoms with van der Waals surface area (Å²) in [6.45, 7) is 2.61. The van der Waals surface area contributed by atoms with Crippen molar-refractivity contribution in [1.29, 1.82) is 0 Å². The van der Waals surface area contributed by atoms with E-state index in [1.54, 1.807) is 12.1 Å². The minimum absolute atomic E-state index is 0.227. The summed E-state index contributed by atoms with van der Waals surface area (Å²) in [4.78, 5) is 0.227. The van der Waals surface area contributed by atoms with Gasteiger partial charge in [0.05, 0.1) is 16.2 Å². The van der Waals surface area contributed by atoms with Crippen LogP contribution in [0.15, 0.2) is 33.6 Å². The maximum atomic E-state index is 12.0. The van der Waals surface area contributed by atoms with Gasteiger partial charge in [-0.3, -0.25) is 0 Å². The number of sulfone groups is 1. The lowest BCUT2D eigenvalue weighted by Gasteiger charge is -2.21. The van der Waals surface area contributed by atoms with E-state index in [1.165, 1.54) is 26.0 Å². The smallest absolute Gasteiger partial charge is 0.185 e. The molecule has 1 aromatic carbocycles. The first-order valence-corrected chi connectivity index (χ1v) is 6.70. The minimum Gasteiger partial charge on any atom is -0.395 e. The van der Waals surface area contributed by atoms with E-state index in [2.05, 4.69) is 15.9 Å². The molecule has 0 heterocycles. The van der Waals surface area contributed by atoms with Crippen LogP contribution in [0.2, 0.25) is 0 Å². The van der Waals surface area contributed by atoms with Gasteiger partial charge in [-0.15, -0.1) is 0 Å². The molecule has 3 nitrogen and oxygen atoms in total. The lowest BCUT2D eigenvalue weighted by Crippen LogP contribution is -2.35. The second-order valence-electron chi connectivity index (χ2n) is 3.88. The Bertz CT molecular complexity index is 434. The maximum absolute atomic E-state index is 12.0. The number of aliphatic hydroxyl groups excluding tert-OH is 1. The van der Waals surface area contributed by atoms with Crippen LogP contribution in [0.3, 0.4) is 0 Å². The summed E-state index contributed by atoms with van der Waals surface area (Å²) in [5, 5.41) is 9.06. The van der Waals surface area contributed by atoms with E-state index in [0.717, 1.165) is 4.47 Å². The third-order valence-corrected chi connectivity index (χ3v) is 5.24. The molecule has 0 radical (unpaired) electrons. The first-order valence-electron chi connectivity index (χ1n) is 4.42. The fraction of sp³-hybridized carbons (Fsp3) is 0.400. The molecule has 15 heavy (non-hydrogen) atoms. The Morgan fingerprint density at radius 3 is 2.13 bits per heavy atom. The van der Waals surface area contributed by atoms with E-state index >= 15 is 0 Å². The molecule has 84 valence electrons. The van der Waals surface area contributed by atoms with Gasteiger partial charge >= 0.3 is 0 Å². The Morgan fingerprint density at radius 1 is 1.27 bits per heavy atom. The SMILES string of the molecule is CC(C)(CO)S(=O)(=O)c1ccc(Br)cc1. The number of halogens is 1. The highest BCUT2D eigenvalue weighted by atomic mass is 79.9. The number of aliphatic hydroxyl groups is 1. The van der Waals surface area contributed by atoms with Gasteiger partial charge in [0.25, 0.3) is 0 Å². The summed E-state index contributed by atoms with van der Waals surface area (Å²) in [5.74, 6) is 0. The molecule has 0 spiro atoms. The zero-order valence-corrected chi connectivity index (χ0v) is 11.0. The van der Waals surface area contributed by atoms with Crippen molar-refractivity contribution in [3.63, 3.8) is 0 Å². The largest absolute Gasteiger partial charge is 0.395 e. The molecular formula is C10H13BrO3S. The molecule has 1 rings (SSSR count). The van der Waals surface area contributed by atoms with E-state index in [0.29, 0.717) is 0 Å². The van der Waals surface area contributed by atoms with Crippen LogP contribution in [-0.4, -0.2) is 24.9 Å². The van der Waals surface area contributed by atoms with Gasteiger partial charge in [-0.2, -0.15) is 0 Å². The third kappa shape index (κ3) is 2.41. The van der Waals surface area contributed by atoms with Crippen LogP contribution < -0.4 is 0 Å². The van der Waals surface area contributed by atoms with E-state index in [9.17, 15) is 8.42 Å². The molecule has 0 aliphatic heterocycles. The minimum atomic E-state index is -3.48. The van der Waals surface area contributed by atoms with Gasteiger partial charge in [-0.1, -0.05) is 15.9 Å². The summed E-state index contributed by atoms with van der Waals surface area (Å²) in [5.41, 5.74) is 0. The Kier molecular flexibility index (Phi) is 3.58. The number of hydrogen-bond donors (Lipinski definition) is 1. The molecule has 0 aromatic heterocycles. The highest BCUT2D eigenvalue weighted by molar-refractivity contribution is 9.10. The lowest BCUT2D eigenvalue weighted by atomic mass is 10.2. The predicted octanol–water partition coefficient (Wildman–Crippen LogP) is 1.99. The fourth-order valence-corrected chi connectivity index (χ4v) is 2.58. The predicted molar refractivity (Wildman–Crippen MR) is 62.5 cm³/mol. The highest BCUT2D eigenvalue weighted by Gasteiger charge is 2.34. The molecule has 0 bridgehead atoms. The van der Waals surface area contributed by atoms with Crippen LogP contribution in [-0.2, 0) is 9.84 Å². The van der Waals surface area contributed by atoms with Crippen LogP contribution in [0.25, 0.3) is 0 Å². The lowest BCUT2D eigenvalue weighted by molar-refractivity contribution is 0.258. The molecule has 0 aliphatic carbocycles. The molecule has 0 amide bonds. The second-order valence-corrected chi connectivity index (χ2v) is 7.37. The van der Waals surface area contributed by atoms with Gasteiger partial charge in [0.15, 0.2) is 9.84 Å². The summed E-state index contributed by atoms with van der Waals surface area (Å²) in [6.07, 6.45) is 0. The van der Waals surface area contributed by atoms with Gasteiger partial charge in [-0.05, 0) is 38.1 Å². The van der Waals surface area contributed by atoms with E-state index in [1.807, 2.05) is 0 Å². The molecule has 0 fully saturated rings. The van der Waals surface area contributed by atoms with Crippen molar-refractivity contribution in [2.45, 2.75) is 23.5 Å². The molecule has 0 unspecified atom stereocenters. The monoisotopic (exact) mass is 292 g/mol. The standard InChI is InChI=1S/C10H13BrO3S/c1-10(2,7-12)15(13,14)9-5-3-8(11)4-6-9/h3-6,12H,7H2,1-2H3. The van der Waals surface area contributed by atoms with Crippen molar-refractivity contribution in [3.8, 4) is 0 Å². The van der Waals surface area contributed by atoms with Gasteiger partial charge in [0.2, 0.25) is 0 Å². The van der Waals surface area contributed by atoms with E-state index < -0.39 is 21.2 Å². The molecule has 0 atom stereocenters. The summed E-state index contributed by atoms with van der Waals surface area (Å²) >= 11 is 3.24. The number of hydrogen-bond acceptors (Lipinski definition) is 3. The van der Waals surface area contributed by atoms with Crippen molar-refractivity contribution in [2.75, 3.05) is 6.61 Å². The Labute approximate surface area is 98.2 Å². The van der Waals surface area contributed by atoms with Gasteiger partial charge < -0.3 is 5.11 Å². The van der Waals surface area contributed by atoms with Crippen LogP contribution >= 0.6 is 15.9 Å². The molecule has 1 N–H and O–H groups in total. The Morgan fingerprint density at radius 2 is 1.73 bits per heavy atom. The van der Waals surface area contributed by atoms with Crippen molar-refractivity contribution in [1.82, 2.24) is 0 Å². The maximum Gasteiger partial charge on any atom is 0.185 e. The molecule has 0 saturated carbocycles. The van der Waals surface area contributed by atoms with Crippen molar-refractivity contribution in [3.05, 3.63) is 28.7 Å². The third-order valence-electron chi connectivity index (χ3n) is 2.23. The van der Waals surface area contributed by atoms with Crippen molar-refractivity contribution < 1.29 is 13.5 Å². The Hall–Kier alpha value is -0.390. The van der Waals surface area contributed by atoms with Crippen LogP contribution in [0.4, 0.5) is 0 Å². The van der Waals surface area contributed by atoms with Crippen molar-refractivity contribution in [2.24, 2.45) is 0 Å². The van der Waals surface area contributed by atoms with Crippen LogP contribution in [0.1, 0.15) is 13.8 Å². The fourth-order valence-electron chi connectivity index (χ4n) is 1.02. The van der Waals surface area contributed by atoms with Crippen LogP contribution in [0, 0.1) is 0 Å². The van der Waals surface area contributed by atoms with Gasteiger partial charge in [-0.25, -0.2) is 8.42 Å². The zero-order valence-electron chi connectivity index (χ0n) is 8.57. The summed E-state index contributed by atoms with van der Waals surface area (Å²) < 4.78 is 23.7. The quantitative estimate of drug-likeness (QED) is 0.927. The average Bonchev–Trinajstić information content (AvgIpc) is 2.18. The molecular weight excluding hydrogens is 280 g/mol. The van der Waals surface area contributed by atoms with Crippen molar-refractivity contribution >= 4 is 25.8 Å². The molecule has 5 heteroatoms. The first-order chi connectivity index (χ1) is 6.81. The van der Waals surface area contributed by atoms with E-state index in [4.69, 9.17) is 5.11 Å². The number of rotatable bonds is 3.